The molecule has 2 saturated heterocycles. The molecule has 0 bridgehead atoms. The van der Waals surface area contributed by atoms with Crippen molar-refractivity contribution in [2.24, 2.45) is 5.92 Å². The lowest BCUT2D eigenvalue weighted by atomic mass is 9.94. The number of nitrogens with zero attached hydrogens (tertiary/aromatic N) is 2. The Morgan fingerprint density at radius 3 is 2.27 bits per heavy atom. The maximum Gasteiger partial charge on any atom is 0.241 e. The van der Waals surface area contributed by atoms with Gasteiger partial charge in [-0.05, 0) is 69.8 Å². The van der Waals surface area contributed by atoms with Crippen LogP contribution in [0.25, 0.3) is 0 Å². The Kier molecular flexibility index (Phi) is 6.30. The molecule has 1 N–H and O–H groups in total. The van der Waals surface area contributed by atoms with Gasteiger partial charge in [-0.15, -0.1) is 0 Å². The molecule has 2 amide bonds. The van der Waals surface area contributed by atoms with Crippen molar-refractivity contribution in [2.45, 2.75) is 52.0 Å². The van der Waals surface area contributed by atoms with Gasteiger partial charge < -0.3 is 10.2 Å². The number of piperidine rings is 1. The van der Waals surface area contributed by atoms with Gasteiger partial charge in [-0.25, -0.2) is 0 Å². The number of hydrogen-bond donors (Lipinski definition) is 1. The summed E-state index contributed by atoms with van der Waals surface area (Å²) >= 11 is 0. The molecule has 1 aromatic rings. The molecule has 1 aromatic carbocycles. The first-order valence-corrected chi connectivity index (χ1v) is 10.0. The lowest BCUT2D eigenvalue weighted by molar-refractivity contribution is -0.136. The molecule has 2 fully saturated rings. The SMILES string of the molecule is CCc1ccc(NC(=O)C(C)N2CCC(C(=O)N3CCCC3)CC2)cc1. The zero-order valence-electron chi connectivity index (χ0n) is 16.0. The maximum atomic E-state index is 12.6. The summed E-state index contributed by atoms with van der Waals surface area (Å²) in [7, 11) is 0. The van der Waals surface area contributed by atoms with E-state index in [-0.39, 0.29) is 17.9 Å². The molecule has 2 aliphatic heterocycles. The predicted octanol–water partition coefficient (Wildman–Crippen LogP) is 2.91. The summed E-state index contributed by atoms with van der Waals surface area (Å²) in [6, 6.07) is 7.85. The second-order valence-electron chi connectivity index (χ2n) is 7.56. The minimum absolute atomic E-state index is 0.0265. The number of rotatable bonds is 5. The number of aryl methyl sites for hydroxylation is 1. The van der Waals surface area contributed by atoms with E-state index < -0.39 is 0 Å². The van der Waals surface area contributed by atoms with Crippen molar-refractivity contribution in [3.8, 4) is 0 Å². The summed E-state index contributed by atoms with van der Waals surface area (Å²) in [5.74, 6) is 0.495. The first-order chi connectivity index (χ1) is 12.6. The van der Waals surface area contributed by atoms with Crippen LogP contribution >= 0.6 is 0 Å². The molecule has 5 heteroatoms. The molecule has 0 aliphatic carbocycles. The van der Waals surface area contributed by atoms with Crippen molar-refractivity contribution in [1.82, 2.24) is 9.80 Å². The third-order valence-corrected chi connectivity index (χ3v) is 5.85. The smallest absolute Gasteiger partial charge is 0.241 e. The number of nitrogens with one attached hydrogen (secondary N) is 1. The van der Waals surface area contributed by atoms with Gasteiger partial charge in [0.25, 0.3) is 0 Å². The highest BCUT2D eigenvalue weighted by atomic mass is 16.2. The number of carbonyl (C=O) groups is 2. The average Bonchev–Trinajstić information content (AvgIpc) is 3.22. The summed E-state index contributed by atoms with van der Waals surface area (Å²) in [6.45, 7) is 7.55. The van der Waals surface area contributed by atoms with Crippen molar-refractivity contribution < 1.29 is 9.59 Å². The van der Waals surface area contributed by atoms with Gasteiger partial charge in [0.2, 0.25) is 11.8 Å². The maximum absolute atomic E-state index is 12.6. The molecule has 3 rings (SSSR count). The van der Waals surface area contributed by atoms with Crippen LogP contribution in [0.5, 0.6) is 0 Å². The predicted molar refractivity (Wildman–Crippen MR) is 104 cm³/mol. The summed E-state index contributed by atoms with van der Waals surface area (Å²) in [5, 5.41) is 3.01. The molecular weight excluding hydrogens is 326 g/mol. The van der Waals surface area contributed by atoms with Crippen LogP contribution in [0.4, 0.5) is 5.69 Å². The van der Waals surface area contributed by atoms with E-state index in [1.807, 2.05) is 24.0 Å². The van der Waals surface area contributed by atoms with Crippen molar-refractivity contribution >= 4 is 17.5 Å². The Bertz CT molecular complexity index is 615. The highest BCUT2D eigenvalue weighted by Gasteiger charge is 2.32. The highest BCUT2D eigenvalue weighted by Crippen LogP contribution is 2.23. The van der Waals surface area contributed by atoms with E-state index in [1.54, 1.807) is 0 Å². The molecule has 2 aliphatic rings. The first kappa shape index (κ1) is 18.9. The van der Waals surface area contributed by atoms with E-state index in [0.717, 1.165) is 64.0 Å². The van der Waals surface area contributed by atoms with Crippen molar-refractivity contribution in [3.63, 3.8) is 0 Å². The lowest BCUT2D eigenvalue weighted by Crippen LogP contribution is -2.48. The van der Waals surface area contributed by atoms with E-state index >= 15 is 0 Å². The topological polar surface area (TPSA) is 52.7 Å². The van der Waals surface area contributed by atoms with Crippen LogP contribution in [0.15, 0.2) is 24.3 Å². The summed E-state index contributed by atoms with van der Waals surface area (Å²) < 4.78 is 0. The fourth-order valence-electron chi connectivity index (χ4n) is 3.97. The van der Waals surface area contributed by atoms with Gasteiger partial charge in [-0.1, -0.05) is 19.1 Å². The third-order valence-electron chi connectivity index (χ3n) is 5.85. The molecule has 0 spiro atoms. The van der Waals surface area contributed by atoms with Gasteiger partial charge in [0.05, 0.1) is 6.04 Å². The fourth-order valence-corrected chi connectivity index (χ4v) is 3.97. The molecule has 1 atom stereocenters. The number of carbonyl (C=O) groups excluding carboxylic acids is 2. The van der Waals surface area contributed by atoms with Gasteiger partial charge in [0.1, 0.15) is 0 Å². The Hall–Kier alpha value is -1.88. The summed E-state index contributed by atoms with van der Waals surface area (Å²) in [4.78, 5) is 29.3. The molecule has 1 unspecified atom stereocenters. The van der Waals surface area contributed by atoms with Gasteiger partial charge in [-0.2, -0.15) is 0 Å². The van der Waals surface area contributed by atoms with Crippen LogP contribution in [0.1, 0.15) is 45.1 Å². The Balaban J connectivity index is 1.48. The van der Waals surface area contributed by atoms with E-state index in [2.05, 4.69) is 29.3 Å². The standard InChI is InChI=1S/C21H31N3O2/c1-3-17-6-8-19(9-7-17)22-20(25)16(2)23-14-10-18(11-15-23)21(26)24-12-4-5-13-24/h6-9,16,18H,3-5,10-15H2,1-2H3,(H,22,25). The van der Waals surface area contributed by atoms with Crippen LogP contribution in [0.3, 0.4) is 0 Å². The largest absolute Gasteiger partial charge is 0.342 e. The van der Waals surface area contributed by atoms with Crippen LogP contribution < -0.4 is 5.32 Å². The molecule has 142 valence electrons. The van der Waals surface area contributed by atoms with E-state index in [0.29, 0.717) is 5.91 Å². The number of hydrogen-bond acceptors (Lipinski definition) is 3. The normalized spacial score (nSPS) is 20.2. The molecule has 2 heterocycles. The number of benzene rings is 1. The zero-order valence-corrected chi connectivity index (χ0v) is 16.0. The lowest BCUT2D eigenvalue weighted by Gasteiger charge is -2.36. The average molecular weight is 357 g/mol. The molecule has 0 aromatic heterocycles. The van der Waals surface area contributed by atoms with Crippen LogP contribution in [-0.2, 0) is 16.0 Å². The number of amides is 2. The van der Waals surface area contributed by atoms with Gasteiger partial charge in [0.15, 0.2) is 0 Å². The van der Waals surface area contributed by atoms with Gasteiger partial charge in [0, 0.05) is 24.7 Å². The fraction of sp³-hybridized carbons (Fsp3) is 0.619. The second-order valence-corrected chi connectivity index (χ2v) is 7.56. The van der Waals surface area contributed by atoms with E-state index in [4.69, 9.17) is 0 Å². The molecular formula is C21H31N3O2. The van der Waals surface area contributed by atoms with Crippen molar-refractivity contribution in [1.29, 1.82) is 0 Å². The van der Waals surface area contributed by atoms with Crippen LogP contribution in [-0.4, -0.2) is 53.8 Å². The summed E-state index contributed by atoms with van der Waals surface area (Å²) in [6.07, 6.45) is 4.99. The highest BCUT2D eigenvalue weighted by molar-refractivity contribution is 5.94. The molecule has 26 heavy (non-hydrogen) atoms. The van der Waals surface area contributed by atoms with Crippen LogP contribution in [0.2, 0.25) is 0 Å². The van der Waals surface area contributed by atoms with Crippen molar-refractivity contribution in [3.05, 3.63) is 29.8 Å². The van der Waals surface area contributed by atoms with Crippen LogP contribution in [0, 0.1) is 5.92 Å². The van der Waals surface area contributed by atoms with Gasteiger partial charge >= 0.3 is 0 Å². The minimum Gasteiger partial charge on any atom is -0.342 e. The third kappa shape index (κ3) is 4.44. The molecule has 0 radical (unpaired) electrons. The number of likely N-dealkylation sites (tertiary alicyclic amines) is 2. The first-order valence-electron chi connectivity index (χ1n) is 10.0. The second kappa shape index (κ2) is 8.67. The van der Waals surface area contributed by atoms with Gasteiger partial charge in [-0.3, -0.25) is 14.5 Å². The molecule has 5 nitrogen and oxygen atoms in total. The summed E-state index contributed by atoms with van der Waals surface area (Å²) in [5.41, 5.74) is 2.11. The van der Waals surface area contributed by atoms with E-state index in [1.165, 1.54) is 5.56 Å². The number of anilines is 1. The van der Waals surface area contributed by atoms with E-state index in [9.17, 15) is 9.59 Å². The Morgan fingerprint density at radius 1 is 1.08 bits per heavy atom. The Morgan fingerprint density at radius 2 is 1.69 bits per heavy atom. The molecule has 0 saturated carbocycles. The zero-order chi connectivity index (χ0) is 18.5. The minimum atomic E-state index is -0.177. The Labute approximate surface area is 156 Å². The van der Waals surface area contributed by atoms with Crippen molar-refractivity contribution in [2.75, 3.05) is 31.5 Å². The monoisotopic (exact) mass is 357 g/mol. The quantitative estimate of drug-likeness (QED) is 0.881.